The highest BCUT2D eigenvalue weighted by Gasteiger charge is 2.34. The maximum Gasteiger partial charge on any atom is 0.270 e. The zero-order valence-corrected chi connectivity index (χ0v) is 15.8. The van der Waals surface area contributed by atoms with Gasteiger partial charge in [-0.1, -0.05) is 24.3 Å². The van der Waals surface area contributed by atoms with E-state index >= 15 is 0 Å². The average molecular weight is 411 g/mol. The van der Waals surface area contributed by atoms with E-state index < -0.39 is 25.0 Å². The molecule has 1 fully saturated rings. The normalized spacial score (nSPS) is 16.9. The van der Waals surface area contributed by atoms with Crippen LogP contribution in [0.15, 0.2) is 64.4 Å². The predicted octanol–water partition coefficient (Wildman–Crippen LogP) is 1.29. The fourth-order valence-electron chi connectivity index (χ4n) is 2.80. The number of hydrogen-bond acceptors (Lipinski definition) is 6. The van der Waals surface area contributed by atoms with Crippen molar-refractivity contribution in [3.8, 4) is 0 Å². The van der Waals surface area contributed by atoms with Crippen LogP contribution in [0.1, 0.15) is 0 Å². The molecular weight excluding hydrogens is 394 g/mol. The molecule has 1 aliphatic rings. The summed E-state index contributed by atoms with van der Waals surface area (Å²) >= 11 is 0. The van der Waals surface area contributed by atoms with E-state index in [9.17, 15) is 26.9 Å². The number of sulfonamides is 2. The zero-order valence-electron chi connectivity index (χ0n) is 14.1. The minimum Gasteiger partial charge on any atom is -0.258 e. The van der Waals surface area contributed by atoms with Gasteiger partial charge in [-0.15, -0.1) is 0 Å². The molecule has 0 atom stereocenters. The number of nitro benzene ring substituents is 1. The molecule has 2 aromatic carbocycles. The molecule has 1 saturated heterocycles. The fraction of sp³-hybridized carbons (Fsp3) is 0.250. The van der Waals surface area contributed by atoms with E-state index in [1.807, 2.05) is 0 Å². The summed E-state index contributed by atoms with van der Waals surface area (Å²) in [5.74, 6) is 0. The molecule has 2 aromatic rings. The van der Waals surface area contributed by atoms with Gasteiger partial charge in [0.25, 0.3) is 5.69 Å². The van der Waals surface area contributed by atoms with Crippen LogP contribution in [0.2, 0.25) is 0 Å². The Bertz CT molecular complexity index is 1050. The SMILES string of the molecule is O=[N+]([O-])c1cccc(S(=O)(=O)N2CCN(S(=O)(=O)c3ccccc3)CC2)c1. The topological polar surface area (TPSA) is 118 Å². The number of nitrogens with zero attached hydrogens (tertiary/aromatic N) is 3. The van der Waals surface area contributed by atoms with Crippen LogP contribution in [-0.4, -0.2) is 56.5 Å². The van der Waals surface area contributed by atoms with E-state index in [1.165, 1.54) is 34.6 Å². The molecule has 0 bridgehead atoms. The minimum atomic E-state index is -3.94. The second-order valence-electron chi connectivity index (χ2n) is 5.88. The summed E-state index contributed by atoms with van der Waals surface area (Å²) in [5, 5.41) is 10.9. The molecule has 9 nitrogen and oxygen atoms in total. The van der Waals surface area contributed by atoms with Crippen molar-refractivity contribution in [3.05, 3.63) is 64.7 Å². The Morgan fingerprint density at radius 2 is 1.22 bits per heavy atom. The Kier molecular flexibility index (Phi) is 5.29. The van der Waals surface area contributed by atoms with Crippen LogP contribution in [0.5, 0.6) is 0 Å². The van der Waals surface area contributed by atoms with Gasteiger partial charge in [0.1, 0.15) is 0 Å². The van der Waals surface area contributed by atoms with Crippen molar-refractivity contribution in [1.82, 2.24) is 8.61 Å². The summed E-state index contributed by atoms with van der Waals surface area (Å²) in [6.45, 7) is -0.0506. The lowest BCUT2D eigenvalue weighted by atomic mass is 10.3. The van der Waals surface area contributed by atoms with Gasteiger partial charge in [-0.3, -0.25) is 10.1 Å². The van der Waals surface area contributed by atoms with Gasteiger partial charge in [0.15, 0.2) is 0 Å². The van der Waals surface area contributed by atoms with Crippen LogP contribution in [0.3, 0.4) is 0 Å². The number of nitro groups is 1. The summed E-state index contributed by atoms with van der Waals surface area (Å²) in [6.07, 6.45) is 0. The van der Waals surface area contributed by atoms with Crippen LogP contribution in [0.4, 0.5) is 5.69 Å². The lowest BCUT2D eigenvalue weighted by Crippen LogP contribution is -2.50. The molecule has 27 heavy (non-hydrogen) atoms. The van der Waals surface area contributed by atoms with Crippen molar-refractivity contribution in [2.24, 2.45) is 0 Å². The summed E-state index contributed by atoms with van der Waals surface area (Å²) in [6, 6.07) is 12.7. The molecule has 144 valence electrons. The minimum absolute atomic E-state index is 0.00534. The van der Waals surface area contributed by atoms with Gasteiger partial charge in [0, 0.05) is 38.3 Å². The Morgan fingerprint density at radius 1 is 0.741 bits per heavy atom. The van der Waals surface area contributed by atoms with Crippen LogP contribution >= 0.6 is 0 Å². The standard InChI is InChI=1S/C16H17N3O6S2/c20-19(21)14-5-4-8-16(13-14)27(24,25)18-11-9-17(10-12-18)26(22,23)15-6-2-1-3-7-15/h1-8,13H,9-12H2. The molecule has 0 spiro atoms. The van der Waals surface area contributed by atoms with Gasteiger partial charge in [0.2, 0.25) is 20.0 Å². The zero-order chi connectivity index (χ0) is 19.7. The first-order valence-corrected chi connectivity index (χ1v) is 10.9. The van der Waals surface area contributed by atoms with Gasteiger partial charge in [-0.2, -0.15) is 8.61 Å². The molecule has 0 radical (unpaired) electrons. The fourth-order valence-corrected chi connectivity index (χ4v) is 5.70. The number of rotatable bonds is 5. The Balaban J connectivity index is 1.77. The molecule has 0 N–H and O–H groups in total. The molecule has 0 amide bonds. The maximum atomic E-state index is 12.7. The monoisotopic (exact) mass is 411 g/mol. The third kappa shape index (κ3) is 3.86. The molecule has 0 aromatic heterocycles. The van der Waals surface area contributed by atoms with Gasteiger partial charge < -0.3 is 0 Å². The van der Waals surface area contributed by atoms with Crippen molar-refractivity contribution in [2.75, 3.05) is 26.2 Å². The first-order valence-electron chi connectivity index (χ1n) is 8.03. The van der Waals surface area contributed by atoms with Crippen LogP contribution < -0.4 is 0 Å². The molecule has 11 heteroatoms. The highest BCUT2D eigenvalue weighted by atomic mass is 32.2. The van der Waals surface area contributed by atoms with Gasteiger partial charge in [0.05, 0.1) is 14.7 Å². The van der Waals surface area contributed by atoms with Crippen LogP contribution in [-0.2, 0) is 20.0 Å². The van der Waals surface area contributed by atoms with Crippen molar-refractivity contribution in [2.45, 2.75) is 9.79 Å². The lowest BCUT2D eigenvalue weighted by molar-refractivity contribution is -0.385. The quantitative estimate of drug-likeness (QED) is 0.540. The third-order valence-electron chi connectivity index (χ3n) is 4.24. The molecule has 1 aliphatic heterocycles. The van der Waals surface area contributed by atoms with Crippen molar-refractivity contribution >= 4 is 25.7 Å². The highest BCUT2D eigenvalue weighted by Crippen LogP contribution is 2.24. The molecule has 0 aliphatic carbocycles. The molecule has 1 heterocycles. The Hall–Kier alpha value is -2.34. The van der Waals surface area contributed by atoms with Gasteiger partial charge in [-0.25, -0.2) is 16.8 Å². The van der Waals surface area contributed by atoms with Crippen LogP contribution in [0.25, 0.3) is 0 Å². The molecule has 0 saturated carbocycles. The molecule has 0 unspecified atom stereocenters. The Morgan fingerprint density at radius 3 is 1.74 bits per heavy atom. The predicted molar refractivity (Wildman–Crippen MR) is 97.1 cm³/mol. The van der Waals surface area contributed by atoms with Gasteiger partial charge >= 0.3 is 0 Å². The molecular formula is C16H17N3O6S2. The third-order valence-corrected chi connectivity index (χ3v) is 8.05. The van der Waals surface area contributed by atoms with E-state index in [2.05, 4.69) is 0 Å². The average Bonchev–Trinajstić information content (AvgIpc) is 2.69. The summed E-state index contributed by atoms with van der Waals surface area (Å²) < 4.78 is 53.1. The van der Waals surface area contributed by atoms with E-state index in [4.69, 9.17) is 0 Å². The van der Waals surface area contributed by atoms with Gasteiger partial charge in [-0.05, 0) is 18.2 Å². The smallest absolute Gasteiger partial charge is 0.258 e. The number of non-ortho nitro benzene ring substituents is 1. The largest absolute Gasteiger partial charge is 0.270 e. The second kappa shape index (κ2) is 7.35. The van der Waals surface area contributed by atoms with Crippen molar-refractivity contribution in [3.63, 3.8) is 0 Å². The number of piperazine rings is 1. The molecule has 3 rings (SSSR count). The second-order valence-corrected chi connectivity index (χ2v) is 9.75. The van der Waals surface area contributed by atoms with E-state index in [0.29, 0.717) is 0 Å². The number of hydrogen-bond donors (Lipinski definition) is 0. The highest BCUT2D eigenvalue weighted by molar-refractivity contribution is 7.89. The first kappa shape index (κ1) is 19.4. The number of benzene rings is 2. The Labute approximate surface area is 157 Å². The van der Waals surface area contributed by atoms with E-state index in [1.54, 1.807) is 18.2 Å². The van der Waals surface area contributed by atoms with Crippen LogP contribution in [0, 0.1) is 10.1 Å². The summed E-state index contributed by atoms with van der Waals surface area (Å²) in [5.41, 5.74) is -0.318. The first-order chi connectivity index (χ1) is 12.7. The summed E-state index contributed by atoms with van der Waals surface area (Å²) in [7, 11) is -7.64. The van der Waals surface area contributed by atoms with E-state index in [0.717, 1.165) is 10.4 Å². The van der Waals surface area contributed by atoms with E-state index in [-0.39, 0.29) is 41.7 Å². The van der Waals surface area contributed by atoms with Crippen molar-refractivity contribution < 1.29 is 21.8 Å². The van der Waals surface area contributed by atoms with Crippen molar-refractivity contribution in [1.29, 1.82) is 0 Å². The lowest BCUT2D eigenvalue weighted by Gasteiger charge is -2.33. The summed E-state index contributed by atoms with van der Waals surface area (Å²) in [4.78, 5) is 10.2. The maximum absolute atomic E-state index is 12.7.